The molecule has 2 heterocycles. The number of fused-ring (bicyclic) bond motifs is 1. The molecule has 4 heteroatoms. The van der Waals surface area contributed by atoms with Crippen LogP contribution in [0.25, 0.3) is 11.0 Å². The molecule has 4 nitrogen and oxygen atoms in total. The maximum absolute atomic E-state index is 12.3. The summed E-state index contributed by atoms with van der Waals surface area (Å²) in [6, 6.07) is 8.22. The van der Waals surface area contributed by atoms with Gasteiger partial charge in [-0.25, -0.2) is 4.98 Å². The summed E-state index contributed by atoms with van der Waals surface area (Å²) >= 11 is 0. The summed E-state index contributed by atoms with van der Waals surface area (Å²) in [5, 5.41) is 0. The number of nitrogens with zero attached hydrogens (tertiary/aromatic N) is 3. The summed E-state index contributed by atoms with van der Waals surface area (Å²) in [4.78, 5) is 19.0. The predicted octanol–water partition coefficient (Wildman–Crippen LogP) is 3.59. The maximum Gasteiger partial charge on any atom is 0.224 e. The van der Waals surface area contributed by atoms with Gasteiger partial charge < -0.3 is 9.47 Å². The first-order chi connectivity index (χ1) is 10.7. The number of likely N-dealkylation sites (tertiary alicyclic amines) is 1. The molecule has 0 bridgehead atoms. The largest absolute Gasteiger partial charge is 0.324 e. The first-order valence-electron chi connectivity index (χ1n) is 8.44. The number of hydrogen-bond donors (Lipinski definition) is 0. The predicted molar refractivity (Wildman–Crippen MR) is 88.5 cm³/mol. The highest BCUT2D eigenvalue weighted by atomic mass is 16.2. The summed E-state index contributed by atoms with van der Waals surface area (Å²) in [5.41, 5.74) is 2.17. The third kappa shape index (κ3) is 2.87. The zero-order chi connectivity index (χ0) is 15.5. The zero-order valence-corrected chi connectivity index (χ0v) is 13.6. The van der Waals surface area contributed by atoms with E-state index in [9.17, 15) is 4.79 Å². The van der Waals surface area contributed by atoms with Gasteiger partial charge in [0.25, 0.3) is 0 Å². The van der Waals surface area contributed by atoms with Crippen LogP contribution in [-0.4, -0.2) is 26.9 Å². The lowest BCUT2D eigenvalue weighted by molar-refractivity contribution is -0.129. The zero-order valence-electron chi connectivity index (χ0n) is 13.6. The van der Waals surface area contributed by atoms with E-state index >= 15 is 0 Å². The van der Waals surface area contributed by atoms with Crippen LogP contribution < -0.4 is 0 Å². The number of carbonyl (C=O) groups is 1. The van der Waals surface area contributed by atoms with Crippen molar-refractivity contribution in [3.8, 4) is 0 Å². The van der Waals surface area contributed by atoms with E-state index in [1.807, 2.05) is 17.0 Å². The number of para-hydroxylation sites is 2. The van der Waals surface area contributed by atoms with Gasteiger partial charge in [-0.1, -0.05) is 32.4 Å². The fourth-order valence-corrected chi connectivity index (χ4v) is 3.46. The molecular formula is C18H25N3O. The number of aromatic nitrogens is 2. The van der Waals surface area contributed by atoms with Crippen LogP contribution in [0.3, 0.4) is 0 Å². The summed E-state index contributed by atoms with van der Waals surface area (Å²) in [5.74, 6) is 1.91. The molecule has 1 aliphatic heterocycles. The second-order valence-corrected chi connectivity index (χ2v) is 6.31. The SMILES string of the molecule is CCCc1nc2ccccc2n1CN1CC(CCC)CC1=O. The smallest absolute Gasteiger partial charge is 0.224 e. The molecule has 0 saturated carbocycles. The van der Waals surface area contributed by atoms with E-state index in [0.717, 1.165) is 49.1 Å². The van der Waals surface area contributed by atoms with Crippen molar-refractivity contribution in [3.63, 3.8) is 0 Å². The molecule has 1 fully saturated rings. The van der Waals surface area contributed by atoms with Gasteiger partial charge in [-0.2, -0.15) is 0 Å². The monoisotopic (exact) mass is 299 g/mol. The van der Waals surface area contributed by atoms with Crippen LogP contribution >= 0.6 is 0 Å². The molecule has 1 aromatic carbocycles. The number of imidazole rings is 1. The van der Waals surface area contributed by atoms with E-state index in [1.165, 1.54) is 0 Å². The minimum absolute atomic E-state index is 0.290. The van der Waals surface area contributed by atoms with Gasteiger partial charge in [-0.15, -0.1) is 0 Å². The number of amides is 1. The summed E-state index contributed by atoms with van der Waals surface area (Å²) in [6.45, 7) is 5.90. The number of aryl methyl sites for hydroxylation is 1. The van der Waals surface area contributed by atoms with Gasteiger partial charge in [-0.3, -0.25) is 4.79 Å². The van der Waals surface area contributed by atoms with Crippen molar-refractivity contribution in [2.75, 3.05) is 6.54 Å². The molecule has 1 atom stereocenters. The van der Waals surface area contributed by atoms with E-state index in [4.69, 9.17) is 4.98 Å². The van der Waals surface area contributed by atoms with E-state index in [-0.39, 0.29) is 0 Å². The first-order valence-corrected chi connectivity index (χ1v) is 8.44. The van der Waals surface area contributed by atoms with E-state index < -0.39 is 0 Å². The highest BCUT2D eigenvalue weighted by molar-refractivity contribution is 5.79. The molecule has 3 rings (SSSR count). The second kappa shape index (κ2) is 6.51. The molecule has 118 valence electrons. The highest BCUT2D eigenvalue weighted by Crippen LogP contribution is 2.25. The molecule has 0 radical (unpaired) electrons. The molecule has 22 heavy (non-hydrogen) atoms. The average Bonchev–Trinajstić information content (AvgIpc) is 3.02. The molecule has 1 amide bonds. The average molecular weight is 299 g/mol. The Balaban J connectivity index is 1.86. The Bertz CT molecular complexity index is 661. The van der Waals surface area contributed by atoms with Crippen molar-refractivity contribution >= 4 is 16.9 Å². The lowest BCUT2D eigenvalue weighted by atomic mass is 10.0. The molecule has 2 aromatic rings. The minimum atomic E-state index is 0.290. The summed E-state index contributed by atoms with van der Waals surface area (Å²) < 4.78 is 2.23. The van der Waals surface area contributed by atoms with Crippen molar-refractivity contribution in [2.24, 2.45) is 5.92 Å². The van der Waals surface area contributed by atoms with Gasteiger partial charge in [0.2, 0.25) is 5.91 Å². The molecule has 0 aliphatic carbocycles. The Morgan fingerprint density at radius 2 is 2.05 bits per heavy atom. The first kappa shape index (κ1) is 15.1. The van der Waals surface area contributed by atoms with Crippen LogP contribution in [0, 0.1) is 5.92 Å². The summed E-state index contributed by atoms with van der Waals surface area (Å²) in [6.07, 6.45) is 5.03. The quantitative estimate of drug-likeness (QED) is 0.817. The standard InChI is InChI=1S/C18H25N3O/c1-3-7-14-11-18(22)20(12-14)13-21-16-10-6-5-9-15(16)19-17(21)8-4-2/h5-6,9-10,14H,3-4,7-8,11-13H2,1-2H3. The number of hydrogen-bond acceptors (Lipinski definition) is 2. The summed E-state index contributed by atoms with van der Waals surface area (Å²) in [7, 11) is 0. The van der Waals surface area contributed by atoms with Crippen molar-refractivity contribution in [2.45, 2.75) is 52.6 Å². The van der Waals surface area contributed by atoms with Crippen molar-refractivity contribution < 1.29 is 4.79 Å². The van der Waals surface area contributed by atoms with Gasteiger partial charge >= 0.3 is 0 Å². The van der Waals surface area contributed by atoms with Crippen LogP contribution in [-0.2, 0) is 17.9 Å². The molecule has 0 N–H and O–H groups in total. The normalized spacial score (nSPS) is 18.5. The van der Waals surface area contributed by atoms with Crippen LogP contribution in [0.2, 0.25) is 0 Å². The van der Waals surface area contributed by atoms with Gasteiger partial charge in [0.1, 0.15) is 5.82 Å². The fraction of sp³-hybridized carbons (Fsp3) is 0.556. The third-order valence-corrected chi connectivity index (χ3v) is 4.51. The molecule has 0 spiro atoms. The second-order valence-electron chi connectivity index (χ2n) is 6.31. The number of carbonyl (C=O) groups excluding carboxylic acids is 1. The van der Waals surface area contributed by atoms with Crippen molar-refractivity contribution in [1.82, 2.24) is 14.5 Å². The fourth-order valence-electron chi connectivity index (χ4n) is 3.46. The lowest BCUT2D eigenvalue weighted by Crippen LogP contribution is -2.28. The van der Waals surface area contributed by atoms with Crippen LogP contribution in [0.4, 0.5) is 0 Å². The Morgan fingerprint density at radius 1 is 1.23 bits per heavy atom. The Labute approximate surface area is 132 Å². The van der Waals surface area contributed by atoms with Gasteiger partial charge in [-0.05, 0) is 30.9 Å². The number of benzene rings is 1. The third-order valence-electron chi connectivity index (χ3n) is 4.51. The van der Waals surface area contributed by atoms with Gasteiger partial charge in [0.05, 0.1) is 17.7 Å². The molecule has 1 unspecified atom stereocenters. The van der Waals surface area contributed by atoms with E-state index in [1.54, 1.807) is 0 Å². The molecule has 1 aromatic heterocycles. The molecule has 1 aliphatic rings. The Hall–Kier alpha value is -1.84. The minimum Gasteiger partial charge on any atom is -0.324 e. The van der Waals surface area contributed by atoms with E-state index in [2.05, 4.69) is 30.5 Å². The van der Waals surface area contributed by atoms with Crippen LogP contribution in [0.5, 0.6) is 0 Å². The molecular weight excluding hydrogens is 274 g/mol. The Kier molecular flexibility index (Phi) is 4.46. The van der Waals surface area contributed by atoms with Crippen LogP contribution in [0.1, 0.15) is 45.4 Å². The highest BCUT2D eigenvalue weighted by Gasteiger charge is 2.29. The van der Waals surface area contributed by atoms with E-state index in [0.29, 0.717) is 24.9 Å². The van der Waals surface area contributed by atoms with Crippen molar-refractivity contribution in [1.29, 1.82) is 0 Å². The number of rotatable bonds is 6. The lowest BCUT2D eigenvalue weighted by Gasteiger charge is -2.19. The van der Waals surface area contributed by atoms with Gasteiger partial charge in [0, 0.05) is 19.4 Å². The topological polar surface area (TPSA) is 38.1 Å². The van der Waals surface area contributed by atoms with Crippen molar-refractivity contribution in [3.05, 3.63) is 30.1 Å². The Morgan fingerprint density at radius 3 is 2.82 bits per heavy atom. The van der Waals surface area contributed by atoms with Gasteiger partial charge in [0.15, 0.2) is 0 Å². The van der Waals surface area contributed by atoms with Crippen LogP contribution in [0.15, 0.2) is 24.3 Å². The maximum atomic E-state index is 12.3. The molecule has 1 saturated heterocycles.